The highest BCUT2D eigenvalue weighted by atomic mass is 16.1. The maximum atomic E-state index is 11.6. The van der Waals surface area contributed by atoms with Crippen molar-refractivity contribution in [3.8, 4) is 12.3 Å². The Bertz CT molecular complexity index is 566. The maximum Gasteiger partial charge on any atom is 0.255 e. The summed E-state index contributed by atoms with van der Waals surface area (Å²) in [4.78, 5) is 11.6. The lowest BCUT2D eigenvalue weighted by Gasteiger charge is -2.00. The zero-order chi connectivity index (χ0) is 12.8. The number of amides is 1. The highest BCUT2D eigenvalue weighted by Crippen LogP contribution is 2.03. The molecule has 0 bridgehead atoms. The number of hydrogen-bond donors (Lipinski definition) is 1. The van der Waals surface area contributed by atoms with E-state index in [0.717, 1.165) is 5.56 Å². The highest BCUT2D eigenvalue weighted by Gasteiger charge is 2.07. The minimum Gasteiger partial charge on any atom is -0.341 e. The van der Waals surface area contributed by atoms with Crippen LogP contribution < -0.4 is 5.32 Å². The third-order valence-electron chi connectivity index (χ3n) is 2.43. The molecule has 0 spiro atoms. The standard InChI is InChI=1S/C14H13N3O/c1-2-8-15-14(18)13-9-16-17(11-13)10-12-6-4-3-5-7-12/h1,3-7,9,11H,8,10H2,(H,15,18). The van der Waals surface area contributed by atoms with Crippen molar-refractivity contribution >= 4 is 5.91 Å². The number of nitrogens with one attached hydrogen (secondary N) is 1. The summed E-state index contributed by atoms with van der Waals surface area (Å²) in [6.07, 6.45) is 8.32. The van der Waals surface area contributed by atoms with Gasteiger partial charge in [0.2, 0.25) is 0 Å². The average Bonchev–Trinajstić information content (AvgIpc) is 2.86. The summed E-state index contributed by atoms with van der Waals surface area (Å²) < 4.78 is 1.72. The largest absolute Gasteiger partial charge is 0.341 e. The molecule has 2 aromatic rings. The van der Waals surface area contributed by atoms with Crippen LogP contribution in [0.3, 0.4) is 0 Å². The Hall–Kier alpha value is -2.54. The first-order chi connectivity index (χ1) is 8.79. The number of hydrogen-bond acceptors (Lipinski definition) is 2. The van der Waals surface area contributed by atoms with Crippen LogP contribution in [0.4, 0.5) is 0 Å². The van der Waals surface area contributed by atoms with Crippen molar-refractivity contribution in [1.82, 2.24) is 15.1 Å². The maximum absolute atomic E-state index is 11.6. The molecule has 0 aliphatic heterocycles. The lowest BCUT2D eigenvalue weighted by molar-refractivity contribution is 0.0958. The van der Waals surface area contributed by atoms with E-state index in [1.54, 1.807) is 10.9 Å². The summed E-state index contributed by atoms with van der Waals surface area (Å²) in [6, 6.07) is 9.93. The van der Waals surface area contributed by atoms with Gasteiger partial charge in [-0.15, -0.1) is 6.42 Å². The van der Waals surface area contributed by atoms with Gasteiger partial charge in [0.15, 0.2) is 0 Å². The molecule has 1 aromatic carbocycles. The minimum atomic E-state index is -0.202. The Morgan fingerprint density at radius 2 is 2.17 bits per heavy atom. The number of carbonyl (C=O) groups excluding carboxylic acids is 1. The summed E-state index contributed by atoms with van der Waals surface area (Å²) in [5.74, 6) is 2.15. The molecule has 0 saturated heterocycles. The van der Waals surface area contributed by atoms with Crippen LogP contribution in [0, 0.1) is 12.3 Å². The van der Waals surface area contributed by atoms with Crippen molar-refractivity contribution in [2.24, 2.45) is 0 Å². The fraction of sp³-hybridized carbons (Fsp3) is 0.143. The van der Waals surface area contributed by atoms with Gasteiger partial charge in [-0.2, -0.15) is 5.10 Å². The van der Waals surface area contributed by atoms with Gasteiger partial charge in [-0.25, -0.2) is 0 Å². The van der Waals surface area contributed by atoms with Gasteiger partial charge >= 0.3 is 0 Å². The van der Waals surface area contributed by atoms with Crippen LogP contribution >= 0.6 is 0 Å². The zero-order valence-electron chi connectivity index (χ0n) is 9.84. The van der Waals surface area contributed by atoms with Crippen molar-refractivity contribution in [1.29, 1.82) is 0 Å². The average molecular weight is 239 g/mol. The second-order valence-corrected chi connectivity index (χ2v) is 3.80. The molecule has 0 radical (unpaired) electrons. The van der Waals surface area contributed by atoms with Crippen LogP contribution in [0.15, 0.2) is 42.7 Å². The van der Waals surface area contributed by atoms with Crippen molar-refractivity contribution < 1.29 is 4.79 Å². The van der Waals surface area contributed by atoms with Crippen molar-refractivity contribution in [2.75, 3.05) is 6.54 Å². The molecular weight excluding hydrogens is 226 g/mol. The number of rotatable bonds is 4. The monoisotopic (exact) mass is 239 g/mol. The fourth-order valence-corrected chi connectivity index (χ4v) is 1.57. The van der Waals surface area contributed by atoms with Crippen LogP contribution in [0.2, 0.25) is 0 Å². The fourth-order valence-electron chi connectivity index (χ4n) is 1.57. The molecule has 0 atom stereocenters. The Kier molecular flexibility index (Phi) is 3.77. The van der Waals surface area contributed by atoms with E-state index < -0.39 is 0 Å². The highest BCUT2D eigenvalue weighted by molar-refractivity contribution is 5.93. The van der Waals surface area contributed by atoms with Gasteiger partial charge in [0.1, 0.15) is 0 Å². The molecule has 2 rings (SSSR count). The first-order valence-electron chi connectivity index (χ1n) is 5.57. The molecule has 4 heteroatoms. The summed E-state index contributed by atoms with van der Waals surface area (Å²) in [7, 11) is 0. The quantitative estimate of drug-likeness (QED) is 0.817. The van der Waals surface area contributed by atoms with E-state index in [0.29, 0.717) is 12.1 Å². The molecular formula is C14H13N3O. The second kappa shape index (κ2) is 5.69. The molecule has 4 nitrogen and oxygen atoms in total. The van der Waals surface area contributed by atoms with E-state index in [-0.39, 0.29) is 12.5 Å². The Labute approximate surface area is 106 Å². The normalized spacial score (nSPS) is 9.72. The third-order valence-corrected chi connectivity index (χ3v) is 2.43. The smallest absolute Gasteiger partial charge is 0.255 e. The molecule has 0 aliphatic rings. The van der Waals surface area contributed by atoms with Crippen LogP contribution in [-0.2, 0) is 6.54 Å². The SMILES string of the molecule is C#CCNC(=O)c1cnn(Cc2ccccc2)c1. The van der Waals surface area contributed by atoms with Gasteiger partial charge in [0.25, 0.3) is 5.91 Å². The Balaban J connectivity index is 2.03. The van der Waals surface area contributed by atoms with Crippen molar-refractivity contribution in [2.45, 2.75) is 6.54 Å². The second-order valence-electron chi connectivity index (χ2n) is 3.80. The summed E-state index contributed by atoms with van der Waals surface area (Å²) in [6.45, 7) is 0.867. The first-order valence-corrected chi connectivity index (χ1v) is 5.57. The molecule has 1 heterocycles. The van der Waals surface area contributed by atoms with Crippen LogP contribution in [0.5, 0.6) is 0 Å². The Morgan fingerprint density at radius 1 is 1.39 bits per heavy atom. The number of carbonyl (C=O) groups is 1. The minimum absolute atomic E-state index is 0.202. The number of terminal acetylenes is 1. The Morgan fingerprint density at radius 3 is 2.89 bits per heavy atom. The van der Waals surface area contributed by atoms with Gasteiger partial charge < -0.3 is 5.32 Å². The van der Waals surface area contributed by atoms with E-state index in [9.17, 15) is 4.79 Å². The predicted molar refractivity (Wildman–Crippen MR) is 68.9 cm³/mol. The van der Waals surface area contributed by atoms with E-state index in [2.05, 4.69) is 16.3 Å². The molecule has 0 saturated carbocycles. The summed E-state index contributed by atoms with van der Waals surface area (Å²) in [5.41, 5.74) is 1.65. The molecule has 90 valence electrons. The molecule has 1 aromatic heterocycles. The summed E-state index contributed by atoms with van der Waals surface area (Å²) in [5, 5.41) is 6.74. The predicted octanol–water partition coefficient (Wildman–Crippen LogP) is 1.29. The molecule has 0 aliphatic carbocycles. The first kappa shape index (κ1) is 11.9. The lowest BCUT2D eigenvalue weighted by Crippen LogP contribution is -2.22. The van der Waals surface area contributed by atoms with Gasteiger partial charge in [0.05, 0.1) is 24.8 Å². The van der Waals surface area contributed by atoms with E-state index in [1.165, 1.54) is 6.20 Å². The van der Waals surface area contributed by atoms with Crippen molar-refractivity contribution in [3.05, 3.63) is 53.9 Å². The van der Waals surface area contributed by atoms with Crippen molar-refractivity contribution in [3.63, 3.8) is 0 Å². The molecule has 0 unspecified atom stereocenters. The topological polar surface area (TPSA) is 46.9 Å². The third kappa shape index (κ3) is 2.98. The van der Waals surface area contributed by atoms with Gasteiger partial charge in [-0.05, 0) is 5.56 Å². The van der Waals surface area contributed by atoms with E-state index >= 15 is 0 Å². The van der Waals surface area contributed by atoms with Crippen LogP contribution in [0.1, 0.15) is 15.9 Å². The number of aromatic nitrogens is 2. The van der Waals surface area contributed by atoms with Gasteiger partial charge in [-0.1, -0.05) is 36.3 Å². The van der Waals surface area contributed by atoms with E-state index in [4.69, 9.17) is 6.42 Å². The van der Waals surface area contributed by atoms with Crippen LogP contribution in [0.25, 0.3) is 0 Å². The zero-order valence-corrected chi connectivity index (χ0v) is 9.84. The number of benzene rings is 1. The molecule has 18 heavy (non-hydrogen) atoms. The summed E-state index contributed by atoms with van der Waals surface area (Å²) >= 11 is 0. The van der Waals surface area contributed by atoms with Gasteiger partial charge in [-0.3, -0.25) is 9.48 Å². The lowest BCUT2D eigenvalue weighted by atomic mass is 10.2. The van der Waals surface area contributed by atoms with E-state index in [1.807, 2.05) is 30.3 Å². The van der Waals surface area contributed by atoms with Gasteiger partial charge in [0, 0.05) is 6.20 Å². The molecule has 1 N–H and O–H groups in total. The molecule has 0 fully saturated rings. The van der Waals surface area contributed by atoms with Crippen LogP contribution in [-0.4, -0.2) is 22.2 Å². The molecule has 1 amide bonds. The number of nitrogens with zero attached hydrogens (tertiary/aromatic N) is 2.